The van der Waals surface area contributed by atoms with Crippen LogP contribution >= 0.6 is 24.0 Å². The van der Waals surface area contributed by atoms with E-state index in [-0.39, 0.29) is 24.8 Å². The van der Waals surface area contributed by atoms with Crippen LogP contribution in [0.25, 0.3) is 6.08 Å². The maximum atomic E-state index is 12.5. The van der Waals surface area contributed by atoms with E-state index in [1.165, 1.54) is 16.7 Å². The highest BCUT2D eigenvalue weighted by atomic mass is 32.2. The maximum Gasteiger partial charge on any atom is 0.326 e. The zero-order valence-electron chi connectivity index (χ0n) is 15.6. The minimum absolute atomic E-state index is 0.0178. The summed E-state index contributed by atoms with van der Waals surface area (Å²) in [6.45, 7) is 3.55. The summed E-state index contributed by atoms with van der Waals surface area (Å²) in [6, 6.07) is 8.74. The number of allylic oxidation sites excluding steroid dienone is 2. The summed E-state index contributed by atoms with van der Waals surface area (Å²) in [5, 5.41) is 11.6. The first-order valence-electron chi connectivity index (χ1n) is 8.79. The number of carboxylic acids is 1. The summed E-state index contributed by atoms with van der Waals surface area (Å²) in [4.78, 5) is 37.6. The van der Waals surface area contributed by atoms with Gasteiger partial charge >= 0.3 is 5.97 Å². The summed E-state index contributed by atoms with van der Waals surface area (Å²) in [6.07, 6.45) is 5.36. The van der Waals surface area contributed by atoms with E-state index in [4.69, 9.17) is 17.3 Å². The quantitative estimate of drug-likeness (QED) is 0.498. The summed E-state index contributed by atoms with van der Waals surface area (Å²) >= 11 is 6.42. The highest BCUT2D eigenvalue weighted by Crippen LogP contribution is 2.31. The molecular formula is C20H22N2O4S2. The Bertz CT molecular complexity index is 819. The van der Waals surface area contributed by atoms with Crippen LogP contribution in [0, 0.1) is 5.92 Å². The van der Waals surface area contributed by atoms with Gasteiger partial charge in [0.25, 0.3) is 5.91 Å². The molecule has 2 rings (SSSR count). The molecule has 1 heterocycles. The number of amides is 2. The second-order valence-corrected chi connectivity index (χ2v) is 8.18. The molecule has 148 valence electrons. The minimum atomic E-state index is -1.08. The number of carbonyl (C=O) groups is 3. The smallest absolute Gasteiger partial charge is 0.326 e. The van der Waals surface area contributed by atoms with Crippen LogP contribution in [0.15, 0.2) is 47.4 Å². The highest BCUT2D eigenvalue weighted by Gasteiger charge is 2.32. The summed E-state index contributed by atoms with van der Waals surface area (Å²) < 4.78 is 0.385. The normalized spacial score (nSPS) is 17.0. The van der Waals surface area contributed by atoms with E-state index in [1.54, 1.807) is 26.0 Å². The number of aliphatic carboxylic acids is 1. The molecule has 0 bridgehead atoms. The van der Waals surface area contributed by atoms with Crippen LogP contribution < -0.4 is 5.32 Å². The van der Waals surface area contributed by atoms with Crippen molar-refractivity contribution in [1.82, 2.24) is 10.2 Å². The number of rotatable bonds is 8. The fourth-order valence-electron chi connectivity index (χ4n) is 2.49. The molecule has 1 aliphatic heterocycles. The lowest BCUT2D eigenvalue weighted by Crippen LogP contribution is -2.45. The van der Waals surface area contributed by atoms with Gasteiger partial charge in [0.15, 0.2) is 0 Å². The average molecular weight is 419 g/mol. The lowest BCUT2D eigenvalue weighted by atomic mass is 10.0. The molecule has 0 saturated carbocycles. The Balaban J connectivity index is 1.92. The standard InChI is InChI=1S/C20H22N2O4S2/c1-13(2)17(19(25)26)21-16(23)11-12-22-18(24)15(28-20(22)27)10-6-9-14-7-4-3-5-8-14/h3-10,13,17H,11-12H2,1-2H3,(H,21,23)(H,25,26)/b9-6+,15-10+/t17-/m0/s1. The predicted octanol–water partition coefficient (Wildman–Crippen LogP) is 3.06. The molecule has 6 nitrogen and oxygen atoms in total. The minimum Gasteiger partial charge on any atom is -0.480 e. The molecule has 0 unspecified atom stereocenters. The van der Waals surface area contributed by atoms with Crippen LogP contribution in [0.3, 0.4) is 0 Å². The average Bonchev–Trinajstić information content (AvgIpc) is 2.91. The molecule has 1 aliphatic rings. The molecule has 2 amide bonds. The van der Waals surface area contributed by atoms with Crippen molar-refractivity contribution < 1.29 is 19.5 Å². The molecule has 2 N–H and O–H groups in total. The van der Waals surface area contributed by atoms with Crippen LogP contribution in [0.2, 0.25) is 0 Å². The van der Waals surface area contributed by atoms with E-state index < -0.39 is 17.9 Å². The summed E-state index contributed by atoms with van der Waals surface area (Å²) in [7, 11) is 0. The number of carboxylic acid groups (broad SMARTS) is 1. The molecular weight excluding hydrogens is 396 g/mol. The Kier molecular flexibility index (Phi) is 7.95. The van der Waals surface area contributed by atoms with E-state index in [9.17, 15) is 14.4 Å². The zero-order chi connectivity index (χ0) is 20.7. The number of nitrogens with zero attached hydrogens (tertiary/aromatic N) is 1. The van der Waals surface area contributed by atoms with E-state index in [0.717, 1.165) is 5.56 Å². The van der Waals surface area contributed by atoms with E-state index in [2.05, 4.69) is 5.32 Å². The van der Waals surface area contributed by atoms with Gasteiger partial charge in [-0.15, -0.1) is 0 Å². The van der Waals surface area contributed by atoms with Crippen molar-refractivity contribution in [2.45, 2.75) is 26.3 Å². The molecule has 1 aromatic rings. The third kappa shape index (κ3) is 6.03. The van der Waals surface area contributed by atoms with Gasteiger partial charge in [-0.1, -0.05) is 80.3 Å². The number of nitrogens with one attached hydrogen (secondary N) is 1. The van der Waals surface area contributed by atoms with Gasteiger partial charge in [-0.25, -0.2) is 4.79 Å². The van der Waals surface area contributed by atoms with Gasteiger partial charge in [0, 0.05) is 13.0 Å². The first kappa shape index (κ1) is 21.8. The number of hydrogen-bond donors (Lipinski definition) is 2. The molecule has 28 heavy (non-hydrogen) atoms. The third-order valence-electron chi connectivity index (χ3n) is 4.02. The Morgan fingerprint density at radius 2 is 1.96 bits per heavy atom. The van der Waals surface area contributed by atoms with Crippen LogP contribution in [0.1, 0.15) is 25.8 Å². The molecule has 1 saturated heterocycles. The molecule has 0 spiro atoms. The Morgan fingerprint density at radius 3 is 2.57 bits per heavy atom. The van der Waals surface area contributed by atoms with Gasteiger partial charge < -0.3 is 10.4 Å². The summed E-state index contributed by atoms with van der Waals surface area (Å²) in [5.41, 5.74) is 1.02. The number of thiocarbonyl (C=S) groups is 1. The van der Waals surface area contributed by atoms with Crippen molar-refractivity contribution in [3.63, 3.8) is 0 Å². The van der Waals surface area contributed by atoms with Gasteiger partial charge in [-0.2, -0.15) is 0 Å². The first-order valence-corrected chi connectivity index (χ1v) is 10.0. The van der Waals surface area contributed by atoms with E-state index in [0.29, 0.717) is 9.23 Å². The van der Waals surface area contributed by atoms with Crippen LogP contribution in [-0.4, -0.2) is 44.7 Å². The van der Waals surface area contributed by atoms with Crippen molar-refractivity contribution in [3.05, 3.63) is 53.0 Å². The number of carbonyl (C=O) groups excluding carboxylic acids is 2. The van der Waals surface area contributed by atoms with Gasteiger partial charge in [-0.3, -0.25) is 14.5 Å². The van der Waals surface area contributed by atoms with E-state index in [1.807, 2.05) is 36.4 Å². The second-order valence-electron chi connectivity index (χ2n) is 6.50. The van der Waals surface area contributed by atoms with Gasteiger partial charge in [0.2, 0.25) is 5.91 Å². The fourth-order valence-corrected chi connectivity index (χ4v) is 3.75. The first-order chi connectivity index (χ1) is 13.3. The van der Waals surface area contributed by atoms with Gasteiger partial charge in [-0.05, 0) is 17.6 Å². The molecule has 8 heteroatoms. The molecule has 0 radical (unpaired) electrons. The van der Waals surface area contributed by atoms with Crippen molar-refractivity contribution >= 4 is 52.2 Å². The van der Waals surface area contributed by atoms with Crippen molar-refractivity contribution in [2.75, 3.05) is 6.54 Å². The van der Waals surface area contributed by atoms with E-state index >= 15 is 0 Å². The third-order valence-corrected chi connectivity index (χ3v) is 5.42. The maximum absolute atomic E-state index is 12.5. The molecule has 0 aromatic heterocycles. The fraction of sp³-hybridized carbons (Fsp3) is 0.300. The second kappa shape index (κ2) is 10.2. The highest BCUT2D eigenvalue weighted by molar-refractivity contribution is 8.26. The topological polar surface area (TPSA) is 86.7 Å². The SMILES string of the molecule is CC(C)[C@H](NC(=O)CCN1C(=O)/C(=C\C=C\c2ccccc2)SC1=S)C(=O)O. The van der Waals surface area contributed by atoms with Gasteiger partial charge in [0.05, 0.1) is 4.91 Å². The Labute approximate surface area is 173 Å². The van der Waals surface area contributed by atoms with Crippen molar-refractivity contribution in [3.8, 4) is 0 Å². The number of benzene rings is 1. The predicted molar refractivity (Wildman–Crippen MR) is 114 cm³/mol. The van der Waals surface area contributed by atoms with Crippen molar-refractivity contribution in [1.29, 1.82) is 0 Å². The van der Waals surface area contributed by atoms with Crippen LogP contribution in [0.4, 0.5) is 0 Å². The lowest BCUT2D eigenvalue weighted by molar-refractivity contribution is -0.143. The summed E-state index contributed by atoms with van der Waals surface area (Å²) in [5.74, 6) is -2.00. The molecule has 0 aliphatic carbocycles. The van der Waals surface area contributed by atoms with Crippen molar-refractivity contribution in [2.24, 2.45) is 5.92 Å². The molecule has 1 atom stereocenters. The van der Waals surface area contributed by atoms with Gasteiger partial charge in [0.1, 0.15) is 10.4 Å². The number of thioether (sulfide) groups is 1. The van der Waals surface area contributed by atoms with Crippen LogP contribution in [-0.2, 0) is 14.4 Å². The lowest BCUT2D eigenvalue weighted by Gasteiger charge is -2.19. The zero-order valence-corrected chi connectivity index (χ0v) is 17.3. The largest absolute Gasteiger partial charge is 0.480 e. The Morgan fingerprint density at radius 1 is 1.29 bits per heavy atom. The Hall–Kier alpha value is -2.45. The molecule has 1 aromatic carbocycles. The molecule has 1 fully saturated rings. The van der Waals surface area contributed by atoms with Crippen LogP contribution in [0.5, 0.6) is 0 Å². The monoisotopic (exact) mass is 418 g/mol. The number of hydrogen-bond acceptors (Lipinski definition) is 5.